The van der Waals surface area contributed by atoms with Crippen LogP contribution in [0.15, 0.2) is 60.7 Å². The number of amides is 1. The van der Waals surface area contributed by atoms with Crippen molar-refractivity contribution in [1.82, 2.24) is 4.90 Å². The van der Waals surface area contributed by atoms with E-state index < -0.39 is 6.17 Å². The summed E-state index contributed by atoms with van der Waals surface area (Å²) in [6.45, 7) is 2.49. The quantitative estimate of drug-likeness (QED) is 0.624. The first-order valence-corrected chi connectivity index (χ1v) is 10.1. The van der Waals surface area contributed by atoms with Gasteiger partial charge in [0.2, 0.25) is 5.75 Å². The molecule has 0 unspecified atom stereocenters. The van der Waals surface area contributed by atoms with E-state index in [1.54, 1.807) is 21.3 Å². The first kappa shape index (κ1) is 20.6. The number of hydrogen-bond acceptors (Lipinski definition) is 5. The smallest absolute Gasteiger partial charge is 0.258 e. The second kappa shape index (κ2) is 8.60. The molecule has 0 saturated heterocycles. The Morgan fingerprint density at radius 3 is 2.26 bits per heavy atom. The van der Waals surface area contributed by atoms with Crippen LogP contribution < -0.4 is 19.5 Å². The van der Waals surface area contributed by atoms with Gasteiger partial charge >= 0.3 is 0 Å². The van der Waals surface area contributed by atoms with Crippen LogP contribution in [0.25, 0.3) is 0 Å². The third-order valence-electron chi connectivity index (χ3n) is 5.52. The molecule has 1 aliphatic heterocycles. The van der Waals surface area contributed by atoms with Crippen molar-refractivity contribution in [1.29, 1.82) is 0 Å². The van der Waals surface area contributed by atoms with Gasteiger partial charge in [-0.2, -0.15) is 0 Å². The van der Waals surface area contributed by atoms with E-state index in [9.17, 15) is 4.79 Å². The monoisotopic (exact) mass is 418 g/mol. The van der Waals surface area contributed by atoms with Crippen LogP contribution in [0.2, 0.25) is 0 Å². The van der Waals surface area contributed by atoms with Gasteiger partial charge in [0.1, 0.15) is 6.17 Å². The first-order valence-electron chi connectivity index (χ1n) is 10.1. The van der Waals surface area contributed by atoms with Crippen LogP contribution in [0.3, 0.4) is 0 Å². The summed E-state index contributed by atoms with van der Waals surface area (Å²) in [5.74, 6) is 1.54. The summed E-state index contributed by atoms with van der Waals surface area (Å²) in [6, 6.07) is 19.5. The summed E-state index contributed by atoms with van der Waals surface area (Å²) in [6.07, 6.45) is -0.446. The lowest BCUT2D eigenvalue weighted by atomic mass is 10.0. The molecule has 0 radical (unpaired) electrons. The highest BCUT2D eigenvalue weighted by molar-refractivity contribution is 6.01. The van der Waals surface area contributed by atoms with Crippen LogP contribution in [0.1, 0.15) is 33.2 Å². The molecule has 0 spiro atoms. The number of hydrogen-bond donors (Lipinski definition) is 1. The van der Waals surface area contributed by atoms with Crippen LogP contribution in [-0.4, -0.2) is 32.1 Å². The van der Waals surface area contributed by atoms with Gasteiger partial charge in [-0.15, -0.1) is 0 Å². The third-order valence-corrected chi connectivity index (χ3v) is 5.52. The summed E-state index contributed by atoms with van der Waals surface area (Å²) in [5, 5.41) is 3.52. The minimum Gasteiger partial charge on any atom is -0.493 e. The van der Waals surface area contributed by atoms with Gasteiger partial charge in [0.15, 0.2) is 11.5 Å². The summed E-state index contributed by atoms with van der Waals surface area (Å²) in [7, 11) is 4.74. The minimum atomic E-state index is -0.446. The van der Waals surface area contributed by atoms with E-state index in [1.807, 2.05) is 60.4 Å². The van der Waals surface area contributed by atoms with Gasteiger partial charge in [-0.05, 0) is 36.8 Å². The second-order valence-corrected chi connectivity index (χ2v) is 7.43. The minimum absolute atomic E-state index is 0.0447. The molecule has 160 valence electrons. The lowest BCUT2D eigenvalue weighted by Gasteiger charge is -2.39. The molecule has 0 aromatic heterocycles. The highest BCUT2D eigenvalue weighted by atomic mass is 16.5. The number of carbonyl (C=O) groups excluding carboxylic acids is 1. The van der Waals surface area contributed by atoms with Crippen molar-refractivity contribution in [2.24, 2.45) is 0 Å². The summed E-state index contributed by atoms with van der Waals surface area (Å²) in [4.78, 5) is 15.4. The van der Waals surface area contributed by atoms with Crippen LogP contribution in [0, 0.1) is 6.92 Å². The molecule has 0 bridgehead atoms. The number of carbonyl (C=O) groups is 1. The Balaban J connectivity index is 1.83. The van der Waals surface area contributed by atoms with Crippen LogP contribution >= 0.6 is 0 Å². The third kappa shape index (κ3) is 3.77. The fourth-order valence-electron chi connectivity index (χ4n) is 3.93. The maximum atomic E-state index is 13.5. The number of nitrogens with zero attached hydrogens (tertiary/aromatic N) is 1. The fraction of sp³-hybridized carbons (Fsp3) is 0.240. The zero-order valence-electron chi connectivity index (χ0n) is 18.1. The van der Waals surface area contributed by atoms with Gasteiger partial charge in [0.25, 0.3) is 5.91 Å². The molecule has 1 amide bonds. The second-order valence-electron chi connectivity index (χ2n) is 7.43. The largest absolute Gasteiger partial charge is 0.493 e. The summed E-state index contributed by atoms with van der Waals surface area (Å²) in [5.41, 5.74) is 4.44. The molecule has 0 aliphatic carbocycles. The number of benzene rings is 3. The van der Waals surface area contributed by atoms with Gasteiger partial charge in [-0.3, -0.25) is 4.79 Å². The molecule has 0 saturated carbocycles. The number of ether oxygens (including phenoxy) is 3. The zero-order chi connectivity index (χ0) is 22.0. The maximum absolute atomic E-state index is 13.5. The van der Waals surface area contributed by atoms with Crippen LogP contribution in [-0.2, 0) is 6.54 Å². The molecular weight excluding hydrogens is 392 g/mol. The molecular formula is C25H26N2O4. The van der Waals surface area contributed by atoms with Crippen LogP contribution in [0.4, 0.5) is 5.69 Å². The summed E-state index contributed by atoms with van der Waals surface area (Å²) < 4.78 is 16.7. The molecule has 3 aromatic rings. The number of methoxy groups -OCH3 is 3. The Labute approximate surface area is 182 Å². The summed E-state index contributed by atoms with van der Waals surface area (Å²) >= 11 is 0. The zero-order valence-corrected chi connectivity index (χ0v) is 18.1. The average molecular weight is 418 g/mol. The van der Waals surface area contributed by atoms with Crippen molar-refractivity contribution in [3.05, 3.63) is 82.9 Å². The standard InChI is InChI=1S/C25H26N2O4/c1-16-9-11-17(12-10-16)15-27-24(26-20-8-6-5-7-18(20)25(27)28)19-13-14-21(29-2)23(31-4)22(19)30-3/h5-14,24,26H,15H2,1-4H3/t24-/m0/s1. The Morgan fingerprint density at radius 2 is 1.58 bits per heavy atom. The Morgan fingerprint density at radius 1 is 0.871 bits per heavy atom. The van der Waals surface area contributed by atoms with Gasteiger partial charge in [-0.1, -0.05) is 42.0 Å². The predicted molar refractivity (Wildman–Crippen MR) is 120 cm³/mol. The van der Waals surface area contributed by atoms with Crippen molar-refractivity contribution >= 4 is 11.6 Å². The van der Waals surface area contributed by atoms with E-state index in [0.717, 1.165) is 16.8 Å². The lowest BCUT2D eigenvalue weighted by Crippen LogP contribution is -2.42. The highest BCUT2D eigenvalue weighted by Crippen LogP contribution is 2.45. The first-order chi connectivity index (χ1) is 15.1. The highest BCUT2D eigenvalue weighted by Gasteiger charge is 2.35. The van der Waals surface area contributed by atoms with E-state index in [-0.39, 0.29) is 5.91 Å². The Kier molecular flexibility index (Phi) is 5.71. The van der Waals surface area contributed by atoms with E-state index >= 15 is 0 Å². The van der Waals surface area contributed by atoms with Gasteiger partial charge in [0, 0.05) is 17.8 Å². The predicted octanol–water partition coefficient (Wildman–Crippen LogP) is 4.79. The Bertz CT molecular complexity index is 1100. The lowest BCUT2D eigenvalue weighted by molar-refractivity contribution is 0.0664. The number of aryl methyl sites for hydroxylation is 1. The Hall–Kier alpha value is -3.67. The number of rotatable bonds is 6. The van der Waals surface area contributed by atoms with Crippen molar-refractivity contribution < 1.29 is 19.0 Å². The molecule has 1 aliphatic rings. The van der Waals surface area contributed by atoms with Crippen molar-refractivity contribution in [3.8, 4) is 17.2 Å². The average Bonchev–Trinajstić information content (AvgIpc) is 2.81. The van der Waals surface area contributed by atoms with Gasteiger partial charge in [0.05, 0.1) is 26.9 Å². The number of para-hydroxylation sites is 1. The van der Waals surface area contributed by atoms with Crippen molar-refractivity contribution in [2.45, 2.75) is 19.6 Å². The van der Waals surface area contributed by atoms with E-state index in [4.69, 9.17) is 14.2 Å². The fourth-order valence-corrected chi connectivity index (χ4v) is 3.93. The van der Waals surface area contributed by atoms with Crippen molar-refractivity contribution in [2.75, 3.05) is 26.6 Å². The molecule has 1 N–H and O–H groups in total. The van der Waals surface area contributed by atoms with Gasteiger partial charge in [-0.25, -0.2) is 0 Å². The SMILES string of the molecule is COc1ccc([C@H]2Nc3ccccc3C(=O)N2Cc2ccc(C)cc2)c(OC)c1OC. The number of nitrogens with one attached hydrogen (secondary N) is 1. The maximum Gasteiger partial charge on any atom is 0.258 e. The van der Waals surface area contributed by atoms with E-state index in [0.29, 0.717) is 29.4 Å². The molecule has 31 heavy (non-hydrogen) atoms. The normalized spacial score (nSPS) is 15.2. The van der Waals surface area contributed by atoms with E-state index in [1.165, 1.54) is 5.56 Å². The van der Waals surface area contributed by atoms with Crippen molar-refractivity contribution in [3.63, 3.8) is 0 Å². The molecule has 6 heteroatoms. The molecule has 4 rings (SSSR count). The number of fused-ring (bicyclic) bond motifs is 1. The van der Waals surface area contributed by atoms with E-state index in [2.05, 4.69) is 17.4 Å². The molecule has 3 aromatic carbocycles. The molecule has 1 atom stereocenters. The topological polar surface area (TPSA) is 60.0 Å². The molecule has 6 nitrogen and oxygen atoms in total. The number of anilines is 1. The van der Waals surface area contributed by atoms with Gasteiger partial charge < -0.3 is 24.4 Å². The van der Waals surface area contributed by atoms with Crippen LogP contribution in [0.5, 0.6) is 17.2 Å². The molecule has 0 fully saturated rings. The molecule has 1 heterocycles.